The maximum atomic E-state index is 5.81. The van der Waals surface area contributed by atoms with Gasteiger partial charge in [-0.05, 0) is 39.5 Å². The first-order chi connectivity index (χ1) is 7.16. The van der Waals surface area contributed by atoms with Crippen molar-refractivity contribution < 1.29 is 4.74 Å². The summed E-state index contributed by atoms with van der Waals surface area (Å²) < 4.78 is 6.86. The van der Waals surface area contributed by atoms with E-state index in [1.54, 1.807) is 0 Å². The molecular weight excluding hydrogens is 254 g/mol. The first kappa shape index (κ1) is 11.0. The molecule has 0 atom stereocenters. The summed E-state index contributed by atoms with van der Waals surface area (Å²) in [6.07, 6.45) is 0.339. The molecule has 1 aromatic carbocycles. The zero-order valence-electron chi connectivity index (χ0n) is 9.09. The van der Waals surface area contributed by atoms with Gasteiger partial charge in [0, 0.05) is 13.1 Å². The number of benzene rings is 1. The van der Waals surface area contributed by atoms with Crippen LogP contribution in [0.5, 0.6) is 5.75 Å². The Balaban J connectivity index is 2.11. The molecule has 15 heavy (non-hydrogen) atoms. The van der Waals surface area contributed by atoms with Crippen molar-refractivity contribution >= 4 is 15.9 Å². The normalized spacial score (nSPS) is 16.5. The van der Waals surface area contributed by atoms with Crippen molar-refractivity contribution in [3.05, 3.63) is 28.2 Å². The van der Waals surface area contributed by atoms with Gasteiger partial charge in [-0.15, -0.1) is 0 Å². The molecule has 82 valence electrons. The standard InChI is InChI=1S/C12H16BrNO/c1-8(2)9-3-4-12(11(13)5-9)15-10-6-14-7-10/h3-5,8,10,14H,6-7H2,1-2H3. The summed E-state index contributed by atoms with van der Waals surface area (Å²) in [5.41, 5.74) is 1.33. The smallest absolute Gasteiger partial charge is 0.134 e. The number of hydrogen-bond acceptors (Lipinski definition) is 2. The second kappa shape index (κ2) is 4.54. The van der Waals surface area contributed by atoms with Crippen molar-refractivity contribution in [3.8, 4) is 5.75 Å². The molecular formula is C12H16BrNO. The Morgan fingerprint density at radius 1 is 1.40 bits per heavy atom. The van der Waals surface area contributed by atoms with E-state index < -0.39 is 0 Å². The summed E-state index contributed by atoms with van der Waals surface area (Å²) in [6.45, 7) is 6.30. The maximum absolute atomic E-state index is 5.81. The Labute approximate surface area is 99.1 Å². The lowest BCUT2D eigenvalue weighted by Gasteiger charge is -2.28. The van der Waals surface area contributed by atoms with Crippen LogP contribution in [0.3, 0.4) is 0 Å². The van der Waals surface area contributed by atoms with Crippen molar-refractivity contribution in [1.29, 1.82) is 0 Å². The van der Waals surface area contributed by atoms with E-state index in [1.807, 2.05) is 0 Å². The molecule has 1 aliphatic rings. The van der Waals surface area contributed by atoms with Gasteiger partial charge in [-0.25, -0.2) is 0 Å². The highest BCUT2D eigenvalue weighted by Gasteiger charge is 2.19. The van der Waals surface area contributed by atoms with Crippen molar-refractivity contribution in [2.24, 2.45) is 0 Å². The van der Waals surface area contributed by atoms with Crippen LogP contribution in [0.1, 0.15) is 25.3 Å². The predicted octanol–water partition coefficient (Wildman–Crippen LogP) is 2.92. The highest BCUT2D eigenvalue weighted by atomic mass is 79.9. The van der Waals surface area contributed by atoms with Gasteiger partial charge in [-0.1, -0.05) is 19.9 Å². The second-order valence-corrected chi connectivity index (χ2v) is 5.10. The molecule has 1 heterocycles. The Hall–Kier alpha value is -0.540. The third-order valence-corrected chi connectivity index (χ3v) is 3.28. The van der Waals surface area contributed by atoms with Gasteiger partial charge in [-0.2, -0.15) is 0 Å². The molecule has 1 aliphatic heterocycles. The maximum Gasteiger partial charge on any atom is 0.134 e. The minimum absolute atomic E-state index is 0.339. The van der Waals surface area contributed by atoms with Gasteiger partial charge in [0.2, 0.25) is 0 Å². The van der Waals surface area contributed by atoms with E-state index in [-0.39, 0.29) is 0 Å². The van der Waals surface area contributed by atoms with Crippen LogP contribution in [0.4, 0.5) is 0 Å². The highest BCUT2D eigenvalue weighted by Crippen LogP contribution is 2.29. The predicted molar refractivity (Wildman–Crippen MR) is 65.5 cm³/mol. The molecule has 0 radical (unpaired) electrons. The molecule has 3 heteroatoms. The van der Waals surface area contributed by atoms with Crippen LogP contribution in [-0.2, 0) is 0 Å². The molecule has 0 aliphatic carbocycles. The lowest BCUT2D eigenvalue weighted by molar-refractivity contribution is 0.141. The van der Waals surface area contributed by atoms with E-state index in [0.717, 1.165) is 23.3 Å². The molecule has 1 N–H and O–H groups in total. The molecule has 2 rings (SSSR count). The number of rotatable bonds is 3. The van der Waals surface area contributed by atoms with Crippen LogP contribution >= 0.6 is 15.9 Å². The highest BCUT2D eigenvalue weighted by molar-refractivity contribution is 9.10. The Morgan fingerprint density at radius 2 is 2.13 bits per heavy atom. The summed E-state index contributed by atoms with van der Waals surface area (Å²) >= 11 is 3.55. The van der Waals surface area contributed by atoms with Gasteiger partial charge in [0.25, 0.3) is 0 Å². The summed E-state index contributed by atoms with van der Waals surface area (Å²) in [7, 11) is 0. The molecule has 1 fully saturated rings. The Morgan fingerprint density at radius 3 is 2.60 bits per heavy atom. The third-order valence-electron chi connectivity index (χ3n) is 2.66. The zero-order chi connectivity index (χ0) is 10.8. The monoisotopic (exact) mass is 269 g/mol. The quantitative estimate of drug-likeness (QED) is 0.911. The number of ether oxygens (including phenoxy) is 1. The number of hydrogen-bond donors (Lipinski definition) is 1. The van der Waals surface area contributed by atoms with Gasteiger partial charge >= 0.3 is 0 Å². The third kappa shape index (κ3) is 2.52. The largest absolute Gasteiger partial charge is 0.487 e. The van der Waals surface area contributed by atoms with Crippen molar-refractivity contribution in [2.75, 3.05) is 13.1 Å². The van der Waals surface area contributed by atoms with Crippen molar-refractivity contribution in [2.45, 2.75) is 25.9 Å². The van der Waals surface area contributed by atoms with E-state index in [4.69, 9.17) is 4.74 Å². The van der Waals surface area contributed by atoms with Crippen molar-refractivity contribution in [3.63, 3.8) is 0 Å². The van der Waals surface area contributed by atoms with Crippen LogP contribution in [0.2, 0.25) is 0 Å². The van der Waals surface area contributed by atoms with E-state index in [1.165, 1.54) is 5.56 Å². The molecule has 0 unspecified atom stereocenters. The van der Waals surface area contributed by atoms with Gasteiger partial charge in [0.05, 0.1) is 4.47 Å². The van der Waals surface area contributed by atoms with Crippen LogP contribution in [0.25, 0.3) is 0 Å². The molecule has 1 saturated heterocycles. The molecule has 0 amide bonds. The molecule has 0 spiro atoms. The Bertz CT molecular complexity index is 347. The topological polar surface area (TPSA) is 21.3 Å². The Kier molecular flexibility index (Phi) is 3.32. The SMILES string of the molecule is CC(C)c1ccc(OC2CNC2)c(Br)c1. The minimum atomic E-state index is 0.339. The second-order valence-electron chi connectivity index (χ2n) is 4.24. The minimum Gasteiger partial charge on any atom is -0.487 e. The van der Waals surface area contributed by atoms with E-state index >= 15 is 0 Å². The summed E-state index contributed by atoms with van der Waals surface area (Å²) in [4.78, 5) is 0. The lowest BCUT2D eigenvalue weighted by Crippen LogP contribution is -2.50. The van der Waals surface area contributed by atoms with Gasteiger partial charge in [0.15, 0.2) is 0 Å². The van der Waals surface area contributed by atoms with Crippen LogP contribution in [-0.4, -0.2) is 19.2 Å². The summed E-state index contributed by atoms with van der Waals surface area (Å²) in [5.74, 6) is 1.51. The van der Waals surface area contributed by atoms with Gasteiger partial charge in [-0.3, -0.25) is 0 Å². The average molecular weight is 270 g/mol. The van der Waals surface area contributed by atoms with Crippen LogP contribution in [0, 0.1) is 0 Å². The van der Waals surface area contributed by atoms with E-state index in [9.17, 15) is 0 Å². The number of halogens is 1. The zero-order valence-corrected chi connectivity index (χ0v) is 10.7. The fourth-order valence-electron chi connectivity index (χ4n) is 1.50. The van der Waals surface area contributed by atoms with Crippen molar-refractivity contribution in [1.82, 2.24) is 5.32 Å². The summed E-state index contributed by atoms with van der Waals surface area (Å²) in [5, 5.41) is 3.19. The lowest BCUT2D eigenvalue weighted by atomic mass is 10.0. The van der Waals surface area contributed by atoms with Crippen LogP contribution < -0.4 is 10.1 Å². The molecule has 0 aromatic heterocycles. The molecule has 2 nitrogen and oxygen atoms in total. The molecule has 0 saturated carbocycles. The fourth-order valence-corrected chi connectivity index (χ4v) is 1.99. The summed E-state index contributed by atoms with van der Waals surface area (Å²) in [6, 6.07) is 6.33. The van der Waals surface area contributed by atoms with Gasteiger partial charge in [0.1, 0.15) is 11.9 Å². The first-order valence-corrected chi connectivity index (χ1v) is 6.13. The first-order valence-electron chi connectivity index (χ1n) is 5.33. The van der Waals surface area contributed by atoms with E-state index in [0.29, 0.717) is 12.0 Å². The van der Waals surface area contributed by atoms with Gasteiger partial charge < -0.3 is 10.1 Å². The van der Waals surface area contributed by atoms with E-state index in [2.05, 4.69) is 53.3 Å². The fraction of sp³-hybridized carbons (Fsp3) is 0.500. The molecule has 0 bridgehead atoms. The molecule has 1 aromatic rings. The number of nitrogens with one attached hydrogen (secondary N) is 1. The van der Waals surface area contributed by atoms with Crippen LogP contribution in [0.15, 0.2) is 22.7 Å². The average Bonchev–Trinajstić information content (AvgIpc) is 2.12.